The highest BCUT2D eigenvalue weighted by atomic mass is 32.1. The van der Waals surface area contributed by atoms with Crippen LogP contribution in [0.2, 0.25) is 0 Å². The number of nitrogens with zero attached hydrogens (tertiary/aromatic N) is 1. The molecule has 1 N–H and O–H groups in total. The summed E-state index contributed by atoms with van der Waals surface area (Å²) in [6.07, 6.45) is -9.46. The van der Waals surface area contributed by atoms with Gasteiger partial charge in [0.1, 0.15) is 10.6 Å². The Morgan fingerprint density at radius 1 is 0.943 bits per heavy atom. The van der Waals surface area contributed by atoms with Crippen molar-refractivity contribution in [3.8, 4) is 17.6 Å². The minimum Gasteiger partial charge on any atom is -0.427 e. The summed E-state index contributed by atoms with van der Waals surface area (Å²) in [4.78, 5) is 26.1. The number of carbonyl (C=O) groups excluding carboxylic acids is 2. The molecule has 1 aromatic heterocycles. The summed E-state index contributed by atoms with van der Waals surface area (Å²) in [6, 6.07) is 9.73. The van der Waals surface area contributed by atoms with E-state index < -0.39 is 40.4 Å². The standard InChI is InChI=1S/C23H14F6N2O3S/c1-13(32)34-17-9-4-14(5-10-17)6-11-18-31-20(23(27,28)29)19(35-18)21(33)30-12-15-2-7-16(8-3-15)22(24,25)26/h2-5,7-10H,12H2,1H3,(H,30,33). The highest BCUT2D eigenvalue weighted by molar-refractivity contribution is 7.14. The van der Waals surface area contributed by atoms with Crippen LogP contribution in [0, 0.1) is 11.8 Å². The fourth-order valence-corrected chi connectivity index (χ4v) is 3.55. The lowest BCUT2D eigenvalue weighted by Gasteiger charge is -2.09. The van der Waals surface area contributed by atoms with E-state index in [1.165, 1.54) is 31.2 Å². The average molecular weight is 512 g/mol. The van der Waals surface area contributed by atoms with Crippen LogP contribution >= 0.6 is 11.3 Å². The number of amides is 1. The first-order chi connectivity index (χ1) is 16.3. The van der Waals surface area contributed by atoms with E-state index in [-0.39, 0.29) is 22.9 Å². The van der Waals surface area contributed by atoms with Crippen molar-refractivity contribution in [1.82, 2.24) is 10.3 Å². The number of ether oxygens (including phenoxy) is 1. The zero-order valence-corrected chi connectivity index (χ0v) is 18.5. The molecule has 1 heterocycles. The van der Waals surface area contributed by atoms with Crippen molar-refractivity contribution in [1.29, 1.82) is 0 Å². The van der Waals surface area contributed by atoms with E-state index in [1.807, 2.05) is 0 Å². The van der Waals surface area contributed by atoms with Gasteiger partial charge in [0.15, 0.2) is 10.7 Å². The summed E-state index contributed by atoms with van der Waals surface area (Å²) >= 11 is 0.431. The van der Waals surface area contributed by atoms with E-state index in [4.69, 9.17) is 4.74 Å². The second-order valence-electron chi connectivity index (χ2n) is 6.94. The van der Waals surface area contributed by atoms with Crippen LogP contribution < -0.4 is 10.1 Å². The molecule has 0 fully saturated rings. The van der Waals surface area contributed by atoms with Gasteiger partial charge in [-0.25, -0.2) is 4.98 Å². The molecule has 2 aromatic carbocycles. The lowest BCUT2D eigenvalue weighted by molar-refractivity contribution is -0.141. The SMILES string of the molecule is CC(=O)Oc1ccc(C#Cc2nc(C(F)(F)F)c(C(=O)NCc3ccc(C(F)(F)F)cc3)s2)cc1. The third kappa shape index (κ3) is 7.07. The van der Waals surface area contributed by atoms with E-state index in [0.717, 1.165) is 24.3 Å². The Kier molecular flexibility index (Phi) is 7.50. The number of alkyl halides is 6. The van der Waals surface area contributed by atoms with Crippen molar-refractivity contribution in [2.75, 3.05) is 0 Å². The molecule has 0 aliphatic rings. The molecule has 0 atom stereocenters. The van der Waals surface area contributed by atoms with Gasteiger partial charge in [0.05, 0.1) is 5.56 Å². The van der Waals surface area contributed by atoms with E-state index in [9.17, 15) is 35.9 Å². The number of hydrogen-bond donors (Lipinski definition) is 1. The summed E-state index contributed by atoms with van der Waals surface area (Å²) in [7, 11) is 0. The predicted molar refractivity (Wildman–Crippen MR) is 113 cm³/mol. The van der Waals surface area contributed by atoms with Crippen molar-refractivity contribution in [2.45, 2.75) is 25.8 Å². The minimum atomic E-state index is -4.93. The predicted octanol–water partition coefficient (Wildman–Crippen LogP) is 5.44. The van der Waals surface area contributed by atoms with Crippen LogP contribution in [-0.4, -0.2) is 16.9 Å². The van der Waals surface area contributed by atoms with Crippen LogP contribution in [0.15, 0.2) is 48.5 Å². The van der Waals surface area contributed by atoms with Crippen LogP contribution in [-0.2, 0) is 23.7 Å². The van der Waals surface area contributed by atoms with E-state index in [1.54, 1.807) is 0 Å². The fraction of sp³-hybridized carbons (Fsp3) is 0.174. The maximum absolute atomic E-state index is 13.4. The number of thiazole rings is 1. The Bertz CT molecular complexity index is 1280. The summed E-state index contributed by atoms with van der Waals surface area (Å²) in [5.41, 5.74) is -1.64. The molecule has 0 unspecified atom stereocenters. The van der Waals surface area contributed by atoms with Gasteiger partial charge in [0, 0.05) is 19.0 Å². The number of carbonyl (C=O) groups is 2. The lowest BCUT2D eigenvalue weighted by atomic mass is 10.1. The molecule has 3 aromatic rings. The molecular formula is C23H14F6N2O3S. The van der Waals surface area contributed by atoms with E-state index in [2.05, 4.69) is 22.1 Å². The van der Waals surface area contributed by atoms with Crippen molar-refractivity contribution >= 4 is 23.2 Å². The topological polar surface area (TPSA) is 68.3 Å². The van der Waals surface area contributed by atoms with Gasteiger partial charge in [-0.2, -0.15) is 26.3 Å². The molecule has 35 heavy (non-hydrogen) atoms. The van der Waals surface area contributed by atoms with Gasteiger partial charge in [0.25, 0.3) is 5.91 Å². The second-order valence-corrected chi connectivity index (χ2v) is 7.94. The molecule has 0 aliphatic carbocycles. The van der Waals surface area contributed by atoms with Crippen molar-refractivity contribution in [3.63, 3.8) is 0 Å². The maximum Gasteiger partial charge on any atom is 0.435 e. The first-order valence-electron chi connectivity index (χ1n) is 9.66. The lowest BCUT2D eigenvalue weighted by Crippen LogP contribution is -2.24. The highest BCUT2D eigenvalue weighted by Crippen LogP contribution is 2.34. The maximum atomic E-state index is 13.4. The van der Waals surface area contributed by atoms with Gasteiger partial charge < -0.3 is 10.1 Å². The molecule has 0 bridgehead atoms. The molecule has 0 spiro atoms. The van der Waals surface area contributed by atoms with Crippen LogP contribution in [0.1, 0.15) is 44.0 Å². The number of aromatic nitrogens is 1. The minimum absolute atomic E-state index is 0.263. The monoisotopic (exact) mass is 512 g/mol. The van der Waals surface area contributed by atoms with Crippen LogP contribution in [0.3, 0.4) is 0 Å². The largest absolute Gasteiger partial charge is 0.435 e. The van der Waals surface area contributed by atoms with Crippen molar-refractivity contribution < 1.29 is 40.7 Å². The number of hydrogen-bond acceptors (Lipinski definition) is 5. The molecule has 5 nitrogen and oxygen atoms in total. The molecule has 0 saturated carbocycles. The fourth-order valence-electron chi connectivity index (χ4n) is 2.69. The number of esters is 1. The molecule has 0 radical (unpaired) electrons. The number of halogens is 6. The second kappa shape index (κ2) is 10.2. The summed E-state index contributed by atoms with van der Waals surface area (Å²) in [5, 5.41) is 1.99. The normalized spacial score (nSPS) is 11.4. The first kappa shape index (κ1) is 25.8. The average Bonchev–Trinajstić information content (AvgIpc) is 3.21. The molecular weight excluding hydrogens is 498 g/mol. The zero-order valence-electron chi connectivity index (χ0n) is 17.7. The van der Waals surface area contributed by atoms with Crippen LogP contribution in [0.5, 0.6) is 5.75 Å². The van der Waals surface area contributed by atoms with E-state index >= 15 is 0 Å². The van der Waals surface area contributed by atoms with E-state index in [0.29, 0.717) is 16.9 Å². The van der Waals surface area contributed by atoms with Crippen LogP contribution in [0.25, 0.3) is 0 Å². The quantitative estimate of drug-likeness (QED) is 0.219. The summed E-state index contributed by atoms with van der Waals surface area (Å²) < 4.78 is 83.0. The van der Waals surface area contributed by atoms with Gasteiger partial charge in [-0.05, 0) is 47.9 Å². The van der Waals surface area contributed by atoms with Gasteiger partial charge >= 0.3 is 18.3 Å². The van der Waals surface area contributed by atoms with Gasteiger partial charge in [-0.1, -0.05) is 29.4 Å². The van der Waals surface area contributed by atoms with Gasteiger partial charge in [-0.3, -0.25) is 9.59 Å². The highest BCUT2D eigenvalue weighted by Gasteiger charge is 2.39. The number of benzene rings is 2. The van der Waals surface area contributed by atoms with Crippen molar-refractivity contribution in [3.05, 3.63) is 80.8 Å². The molecule has 1 amide bonds. The van der Waals surface area contributed by atoms with Gasteiger partial charge in [0.2, 0.25) is 0 Å². The Morgan fingerprint density at radius 2 is 1.57 bits per heavy atom. The Labute approximate surface area is 198 Å². The molecule has 0 aliphatic heterocycles. The van der Waals surface area contributed by atoms with Crippen molar-refractivity contribution in [2.24, 2.45) is 0 Å². The first-order valence-corrected chi connectivity index (χ1v) is 10.5. The third-order valence-electron chi connectivity index (χ3n) is 4.27. The summed E-state index contributed by atoms with van der Waals surface area (Å²) in [6.45, 7) is 0.938. The summed E-state index contributed by atoms with van der Waals surface area (Å²) in [5.74, 6) is 3.74. The smallest absolute Gasteiger partial charge is 0.427 e. The Hall–Kier alpha value is -3.85. The molecule has 0 saturated heterocycles. The zero-order chi connectivity index (χ0) is 25.8. The Balaban J connectivity index is 1.76. The Morgan fingerprint density at radius 3 is 2.11 bits per heavy atom. The molecule has 3 rings (SSSR count). The van der Waals surface area contributed by atoms with Crippen LogP contribution in [0.4, 0.5) is 26.3 Å². The third-order valence-corrected chi connectivity index (χ3v) is 5.24. The van der Waals surface area contributed by atoms with Gasteiger partial charge in [-0.15, -0.1) is 0 Å². The number of rotatable bonds is 4. The number of nitrogens with one attached hydrogen (secondary N) is 1. The molecule has 12 heteroatoms. The molecule has 182 valence electrons.